The highest BCUT2D eigenvalue weighted by Crippen LogP contribution is 2.29. The number of unbranched alkanes of at least 4 members (excludes halogenated alkanes) is 6. The van der Waals surface area contributed by atoms with E-state index in [1.807, 2.05) is 6.92 Å². The minimum atomic E-state index is -0.730. The van der Waals surface area contributed by atoms with Crippen molar-refractivity contribution in [1.82, 2.24) is 29.3 Å². The summed E-state index contributed by atoms with van der Waals surface area (Å²) in [7, 11) is 0. The first kappa shape index (κ1) is 36.2. The Labute approximate surface area is 258 Å². The number of carbonyl (C=O) groups excluding carboxylic acids is 2. The second-order valence-corrected chi connectivity index (χ2v) is 11.4. The molecule has 0 aliphatic heterocycles. The molecule has 12 nitrogen and oxygen atoms in total. The SMILES string of the molecule is C=C(CC)c1c(C)c(=O)[nH]c(=O)n1C(=O)NCCCCCC.CCCCCCNC(=O)n1cc(C)c(=O)n(CC2CC2)c1=O. The largest absolute Gasteiger partial charge is 0.339 e. The van der Waals surface area contributed by atoms with Crippen LogP contribution in [0.3, 0.4) is 0 Å². The molecule has 0 radical (unpaired) electrons. The van der Waals surface area contributed by atoms with Crippen LogP contribution in [0.5, 0.6) is 0 Å². The van der Waals surface area contributed by atoms with Gasteiger partial charge in [-0.1, -0.05) is 65.9 Å². The molecule has 0 bridgehead atoms. The van der Waals surface area contributed by atoms with E-state index in [1.54, 1.807) is 13.8 Å². The fourth-order valence-corrected chi connectivity index (χ4v) is 4.67. The molecule has 0 aromatic carbocycles. The van der Waals surface area contributed by atoms with E-state index in [1.165, 1.54) is 10.8 Å². The molecule has 3 N–H and O–H groups in total. The number of rotatable bonds is 14. The molecule has 0 spiro atoms. The lowest BCUT2D eigenvalue weighted by Crippen LogP contribution is -2.46. The zero-order chi connectivity index (χ0) is 32.8. The predicted molar refractivity (Wildman–Crippen MR) is 174 cm³/mol. The van der Waals surface area contributed by atoms with Gasteiger partial charge in [-0.05, 0) is 57.4 Å². The summed E-state index contributed by atoms with van der Waals surface area (Å²) in [6, 6.07) is -0.973. The fourth-order valence-electron chi connectivity index (χ4n) is 4.67. The smallest absolute Gasteiger partial charge is 0.337 e. The third-order valence-corrected chi connectivity index (χ3v) is 7.62. The molecule has 12 heteroatoms. The van der Waals surface area contributed by atoms with Crippen LogP contribution in [0.25, 0.3) is 5.57 Å². The molecule has 44 heavy (non-hydrogen) atoms. The maximum Gasteiger partial charge on any atom is 0.339 e. The fraction of sp³-hybridized carbons (Fsp3) is 0.625. The number of aromatic nitrogens is 4. The highest BCUT2D eigenvalue weighted by Gasteiger charge is 2.25. The number of allylic oxidation sites excluding steroid dienone is 1. The minimum absolute atomic E-state index is 0.288. The van der Waals surface area contributed by atoms with Crippen LogP contribution in [-0.4, -0.2) is 43.8 Å². The molecule has 2 aromatic rings. The standard InChI is InChI=1S/2C16H25N3O3/c1-3-4-5-6-9-17-15(21)19-10-12(2)14(20)18(16(19)22)11-13-7-8-13;1-5-7-8-9-10-17-15(21)19-13(11(3)6-2)12(4)14(20)18-16(19)22/h10,13H,3-9,11H2,1-2H3,(H,17,21);3,5-10H2,1-2,4H3,(H,17,21)(H,18,20,22). The number of H-pyrrole nitrogens is 1. The third-order valence-electron chi connectivity index (χ3n) is 7.62. The molecular weight excluding hydrogens is 564 g/mol. The monoisotopic (exact) mass is 614 g/mol. The summed E-state index contributed by atoms with van der Waals surface area (Å²) >= 11 is 0. The van der Waals surface area contributed by atoms with E-state index in [9.17, 15) is 28.8 Å². The van der Waals surface area contributed by atoms with Crippen molar-refractivity contribution in [2.24, 2.45) is 5.92 Å². The van der Waals surface area contributed by atoms with E-state index in [4.69, 9.17) is 0 Å². The van der Waals surface area contributed by atoms with Crippen molar-refractivity contribution in [3.05, 3.63) is 71.3 Å². The van der Waals surface area contributed by atoms with E-state index in [0.29, 0.717) is 54.4 Å². The van der Waals surface area contributed by atoms with Crippen LogP contribution in [0.15, 0.2) is 32.0 Å². The lowest BCUT2D eigenvalue weighted by molar-refractivity contribution is 0.239. The Morgan fingerprint density at radius 3 is 1.98 bits per heavy atom. The number of carbonyl (C=O) groups is 2. The zero-order valence-corrected chi connectivity index (χ0v) is 27.1. The summed E-state index contributed by atoms with van der Waals surface area (Å²) in [6.07, 6.45) is 12.3. The van der Waals surface area contributed by atoms with Crippen molar-refractivity contribution in [3.8, 4) is 0 Å². The van der Waals surface area contributed by atoms with Crippen LogP contribution < -0.4 is 33.1 Å². The first-order valence-electron chi connectivity index (χ1n) is 15.9. The molecule has 0 atom stereocenters. The first-order chi connectivity index (χ1) is 21.0. The molecule has 1 fully saturated rings. The van der Waals surface area contributed by atoms with Crippen LogP contribution in [0.4, 0.5) is 9.59 Å². The van der Waals surface area contributed by atoms with Gasteiger partial charge in [0.05, 0.1) is 5.69 Å². The Bertz CT molecular complexity index is 1530. The van der Waals surface area contributed by atoms with E-state index in [0.717, 1.165) is 73.3 Å². The van der Waals surface area contributed by atoms with Gasteiger partial charge in [-0.3, -0.25) is 19.1 Å². The Morgan fingerprint density at radius 2 is 1.45 bits per heavy atom. The molecular formula is C32H50N6O6. The second-order valence-electron chi connectivity index (χ2n) is 11.4. The number of hydrogen-bond donors (Lipinski definition) is 3. The van der Waals surface area contributed by atoms with Gasteiger partial charge in [0, 0.05) is 37.0 Å². The van der Waals surface area contributed by atoms with Gasteiger partial charge in [0.1, 0.15) is 0 Å². The van der Waals surface area contributed by atoms with Gasteiger partial charge in [-0.2, -0.15) is 0 Å². The van der Waals surface area contributed by atoms with Gasteiger partial charge in [0.15, 0.2) is 0 Å². The van der Waals surface area contributed by atoms with Gasteiger partial charge >= 0.3 is 23.4 Å². The molecule has 0 saturated heterocycles. The molecule has 2 heterocycles. The molecule has 2 aromatic heterocycles. The highest BCUT2D eigenvalue weighted by molar-refractivity contribution is 5.81. The molecule has 1 saturated carbocycles. The molecule has 3 rings (SSSR count). The lowest BCUT2D eigenvalue weighted by atomic mass is 10.1. The van der Waals surface area contributed by atoms with Gasteiger partial charge < -0.3 is 10.6 Å². The third kappa shape index (κ3) is 10.3. The van der Waals surface area contributed by atoms with Crippen LogP contribution >= 0.6 is 0 Å². The van der Waals surface area contributed by atoms with E-state index in [2.05, 4.69) is 36.0 Å². The van der Waals surface area contributed by atoms with E-state index >= 15 is 0 Å². The van der Waals surface area contributed by atoms with E-state index < -0.39 is 29.0 Å². The van der Waals surface area contributed by atoms with Crippen molar-refractivity contribution >= 4 is 17.6 Å². The molecule has 0 unspecified atom stereocenters. The predicted octanol–water partition coefficient (Wildman–Crippen LogP) is 4.27. The summed E-state index contributed by atoms with van der Waals surface area (Å²) in [5, 5.41) is 5.48. The molecule has 1 aliphatic carbocycles. The summed E-state index contributed by atoms with van der Waals surface area (Å²) in [5.74, 6) is 0.401. The van der Waals surface area contributed by atoms with Crippen molar-refractivity contribution < 1.29 is 9.59 Å². The van der Waals surface area contributed by atoms with Gasteiger partial charge in [-0.15, -0.1) is 0 Å². The summed E-state index contributed by atoms with van der Waals surface area (Å²) in [4.78, 5) is 74.8. The van der Waals surface area contributed by atoms with Crippen LogP contribution in [0.1, 0.15) is 108 Å². The molecule has 244 valence electrons. The second kappa shape index (κ2) is 18.0. The van der Waals surface area contributed by atoms with Crippen molar-refractivity contribution in [3.63, 3.8) is 0 Å². The molecule has 1 aliphatic rings. The first-order valence-corrected chi connectivity index (χ1v) is 15.9. The Hall–Kier alpha value is -3.96. The van der Waals surface area contributed by atoms with Gasteiger partial charge in [0.2, 0.25) is 0 Å². The maximum absolute atomic E-state index is 12.3. The molecule has 2 amide bonds. The summed E-state index contributed by atoms with van der Waals surface area (Å²) < 4.78 is 3.20. The highest BCUT2D eigenvalue weighted by atomic mass is 16.2. The van der Waals surface area contributed by atoms with Crippen molar-refractivity contribution in [1.29, 1.82) is 0 Å². The van der Waals surface area contributed by atoms with Crippen molar-refractivity contribution in [2.45, 2.75) is 112 Å². The topological polar surface area (TPSA) is 157 Å². The number of nitrogens with one attached hydrogen (secondary N) is 3. The number of hydrogen-bond acceptors (Lipinski definition) is 6. The van der Waals surface area contributed by atoms with Crippen LogP contribution in [0, 0.1) is 19.8 Å². The lowest BCUT2D eigenvalue weighted by Gasteiger charge is -2.15. The van der Waals surface area contributed by atoms with E-state index in [-0.39, 0.29) is 5.56 Å². The zero-order valence-electron chi connectivity index (χ0n) is 27.1. The minimum Gasteiger partial charge on any atom is -0.337 e. The average Bonchev–Trinajstić information content (AvgIpc) is 3.82. The van der Waals surface area contributed by atoms with Crippen LogP contribution in [0.2, 0.25) is 0 Å². The summed E-state index contributed by atoms with van der Waals surface area (Å²) in [5.41, 5.74) is -0.400. The van der Waals surface area contributed by atoms with Gasteiger partial charge in [0.25, 0.3) is 11.1 Å². The number of nitrogens with zero attached hydrogens (tertiary/aromatic N) is 3. The number of aryl methyl sites for hydroxylation is 1. The average molecular weight is 615 g/mol. The van der Waals surface area contributed by atoms with Crippen molar-refractivity contribution in [2.75, 3.05) is 13.1 Å². The normalized spacial score (nSPS) is 12.3. The Balaban J connectivity index is 0.000000307. The Morgan fingerprint density at radius 1 is 0.886 bits per heavy atom. The maximum atomic E-state index is 12.3. The number of aromatic amines is 1. The Kier molecular flexibility index (Phi) is 14.8. The quantitative estimate of drug-likeness (QED) is 0.270. The van der Waals surface area contributed by atoms with Crippen LogP contribution in [-0.2, 0) is 6.54 Å². The number of amides is 2. The summed E-state index contributed by atoms with van der Waals surface area (Å²) in [6.45, 7) is 14.7. The van der Waals surface area contributed by atoms with Gasteiger partial charge in [-0.25, -0.2) is 28.3 Å².